The van der Waals surface area contributed by atoms with Gasteiger partial charge in [0, 0.05) is 22.3 Å². The van der Waals surface area contributed by atoms with E-state index < -0.39 is 17.5 Å². The zero-order chi connectivity index (χ0) is 9.61. The van der Waals surface area contributed by atoms with E-state index in [4.69, 9.17) is 9.79 Å². The molecular formula is C5H13O4PS2. The summed E-state index contributed by atoms with van der Waals surface area (Å²) in [5.41, 5.74) is 0. The van der Waals surface area contributed by atoms with Crippen molar-refractivity contribution in [1.29, 1.82) is 0 Å². The van der Waals surface area contributed by atoms with E-state index in [1.54, 1.807) is 0 Å². The monoisotopic (exact) mass is 232 g/mol. The zero-order valence-electron chi connectivity index (χ0n) is 6.80. The summed E-state index contributed by atoms with van der Waals surface area (Å²) in [6.07, 6.45) is 0.846. The zero-order valence-corrected chi connectivity index (χ0v) is 9.33. The van der Waals surface area contributed by atoms with E-state index in [9.17, 15) is 4.21 Å². The second-order valence-electron chi connectivity index (χ2n) is 2.17. The lowest BCUT2D eigenvalue weighted by atomic mass is 10.6. The van der Waals surface area contributed by atoms with Gasteiger partial charge in [-0.3, -0.25) is 4.21 Å². The van der Waals surface area contributed by atoms with Gasteiger partial charge in [0.05, 0.1) is 6.61 Å². The van der Waals surface area contributed by atoms with Crippen molar-refractivity contribution in [2.24, 2.45) is 0 Å². The third kappa shape index (κ3) is 8.77. The predicted molar refractivity (Wildman–Crippen MR) is 52.8 cm³/mol. The molecule has 0 aromatic rings. The smallest absolute Gasteiger partial charge is 0.321 e. The second-order valence-corrected chi connectivity index (χ2v) is 6.53. The van der Waals surface area contributed by atoms with E-state index in [1.165, 1.54) is 0 Å². The van der Waals surface area contributed by atoms with Crippen LogP contribution in [0.1, 0.15) is 13.3 Å². The molecular weight excluding hydrogens is 219 g/mol. The fourth-order valence-electron chi connectivity index (χ4n) is 0.579. The topological polar surface area (TPSA) is 66.8 Å². The molecule has 0 saturated heterocycles. The van der Waals surface area contributed by atoms with Crippen molar-refractivity contribution in [3.8, 4) is 0 Å². The van der Waals surface area contributed by atoms with Crippen molar-refractivity contribution in [3.05, 3.63) is 0 Å². The highest BCUT2D eigenvalue weighted by Crippen LogP contribution is 2.35. The quantitative estimate of drug-likeness (QED) is 0.648. The molecule has 0 spiro atoms. The second kappa shape index (κ2) is 6.18. The molecule has 0 fully saturated rings. The molecule has 74 valence electrons. The third-order valence-electron chi connectivity index (χ3n) is 1.00. The minimum atomic E-state index is -3.54. The minimum absolute atomic E-state index is 0.0525. The molecule has 12 heavy (non-hydrogen) atoms. The largest absolute Gasteiger partial charge is 0.325 e. The van der Waals surface area contributed by atoms with E-state index in [0.717, 1.165) is 6.42 Å². The molecule has 0 radical (unpaired) electrons. The van der Waals surface area contributed by atoms with Crippen molar-refractivity contribution < 1.29 is 18.5 Å². The molecule has 0 amide bonds. The summed E-state index contributed by atoms with van der Waals surface area (Å²) in [6, 6.07) is 0. The lowest BCUT2D eigenvalue weighted by Gasteiger charge is -2.07. The summed E-state index contributed by atoms with van der Waals surface area (Å²) in [5.74, 6) is 0.927. The Bertz CT molecular complexity index is 190. The lowest BCUT2D eigenvalue weighted by molar-refractivity contribution is 0.267. The Balaban J connectivity index is 3.44. The third-order valence-corrected chi connectivity index (χ3v) is 3.32. The van der Waals surface area contributed by atoms with Crippen LogP contribution in [-0.4, -0.2) is 32.1 Å². The summed E-state index contributed by atoms with van der Waals surface area (Å²) in [5, 5.41) is 0. The Kier molecular flexibility index (Phi) is 6.53. The maximum absolute atomic E-state index is 11.0. The predicted octanol–water partition coefficient (Wildman–Crippen LogP) is 0.371. The van der Waals surface area contributed by atoms with Gasteiger partial charge in [-0.15, -0.1) is 0 Å². The van der Waals surface area contributed by atoms with Crippen LogP contribution in [0, 0.1) is 0 Å². The molecule has 0 heterocycles. The van der Waals surface area contributed by atoms with Crippen LogP contribution in [0.15, 0.2) is 0 Å². The highest BCUT2D eigenvalue weighted by atomic mass is 32.5. The van der Waals surface area contributed by atoms with Gasteiger partial charge in [0.1, 0.15) is 0 Å². The number of rotatable bonds is 6. The van der Waals surface area contributed by atoms with Crippen molar-refractivity contribution in [3.63, 3.8) is 0 Å². The van der Waals surface area contributed by atoms with Gasteiger partial charge in [0.25, 0.3) is 0 Å². The van der Waals surface area contributed by atoms with E-state index in [-0.39, 0.29) is 6.61 Å². The van der Waals surface area contributed by atoms with Crippen LogP contribution in [-0.2, 0) is 27.1 Å². The van der Waals surface area contributed by atoms with Gasteiger partial charge in [0.2, 0.25) is 0 Å². The Morgan fingerprint density at radius 2 is 2.08 bits per heavy atom. The summed E-state index contributed by atoms with van der Waals surface area (Å²) in [6.45, 7) is -1.56. The molecule has 0 rings (SSSR count). The standard InChI is InChI=1S/C5H13O4PS2/c1-2-4-12(8)5-3-9-10(6,7)11/h2-5H2,1H3,(H2,6,7,11). The SMILES string of the molecule is CCCS(=O)CCOP(O)(O)=S. The van der Waals surface area contributed by atoms with Crippen molar-refractivity contribution in [1.82, 2.24) is 0 Å². The molecule has 4 nitrogen and oxygen atoms in total. The molecule has 1 unspecified atom stereocenters. The molecule has 0 aromatic heterocycles. The fraction of sp³-hybridized carbons (Fsp3) is 1.00. The summed E-state index contributed by atoms with van der Waals surface area (Å²) < 4.78 is 15.5. The molecule has 0 aromatic carbocycles. The Morgan fingerprint density at radius 1 is 1.50 bits per heavy atom. The molecule has 0 aliphatic heterocycles. The number of hydrogen-bond acceptors (Lipinski definition) is 3. The summed E-state index contributed by atoms with van der Waals surface area (Å²) in [4.78, 5) is 17.2. The van der Waals surface area contributed by atoms with Crippen molar-refractivity contribution in [2.75, 3.05) is 18.1 Å². The van der Waals surface area contributed by atoms with E-state index >= 15 is 0 Å². The normalized spacial score (nSPS) is 14.6. The Morgan fingerprint density at radius 3 is 2.50 bits per heavy atom. The maximum Gasteiger partial charge on any atom is 0.321 e. The van der Waals surface area contributed by atoms with E-state index in [1.807, 2.05) is 6.92 Å². The van der Waals surface area contributed by atoms with Crippen molar-refractivity contribution >= 4 is 29.3 Å². The van der Waals surface area contributed by atoms with Crippen LogP contribution in [0.5, 0.6) is 0 Å². The van der Waals surface area contributed by atoms with Crippen LogP contribution in [0.25, 0.3) is 0 Å². The summed E-state index contributed by atoms with van der Waals surface area (Å²) >= 11 is 4.20. The van der Waals surface area contributed by atoms with Crippen LogP contribution in [0.2, 0.25) is 0 Å². The molecule has 1 atom stereocenters. The average molecular weight is 232 g/mol. The molecule has 0 saturated carbocycles. The van der Waals surface area contributed by atoms with Crippen LogP contribution < -0.4 is 0 Å². The van der Waals surface area contributed by atoms with Crippen LogP contribution in [0.3, 0.4) is 0 Å². The van der Waals surface area contributed by atoms with Crippen molar-refractivity contribution in [2.45, 2.75) is 13.3 Å². The molecule has 2 N–H and O–H groups in total. The number of hydrogen-bond donors (Lipinski definition) is 2. The Hall–Kier alpha value is 0.680. The first-order valence-corrected chi connectivity index (χ1v) is 7.62. The molecule has 7 heteroatoms. The van der Waals surface area contributed by atoms with Gasteiger partial charge in [0.15, 0.2) is 0 Å². The van der Waals surface area contributed by atoms with E-state index in [2.05, 4.69) is 16.3 Å². The van der Waals surface area contributed by atoms with Gasteiger partial charge in [-0.25, -0.2) is 0 Å². The first-order valence-electron chi connectivity index (χ1n) is 3.50. The van der Waals surface area contributed by atoms with Gasteiger partial charge >= 0.3 is 6.72 Å². The Labute approximate surface area is 79.7 Å². The fourth-order valence-corrected chi connectivity index (χ4v) is 2.18. The van der Waals surface area contributed by atoms with Crippen LogP contribution >= 0.6 is 6.72 Å². The van der Waals surface area contributed by atoms with Gasteiger partial charge in [-0.2, -0.15) is 0 Å². The van der Waals surface area contributed by atoms with Gasteiger partial charge in [-0.05, 0) is 18.2 Å². The van der Waals surface area contributed by atoms with Gasteiger partial charge < -0.3 is 14.3 Å². The maximum atomic E-state index is 11.0. The highest BCUT2D eigenvalue weighted by molar-refractivity contribution is 8.06. The van der Waals surface area contributed by atoms with E-state index in [0.29, 0.717) is 11.5 Å². The minimum Gasteiger partial charge on any atom is -0.325 e. The first kappa shape index (κ1) is 12.7. The molecule has 0 aliphatic carbocycles. The highest BCUT2D eigenvalue weighted by Gasteiger charge is 2.08. The lowest BCUT2D eigenvalue weighted by Crippen LogP contribution is -2.07. The molecule has 0 bridgehead atoms. The van der Waals surface area contributed by atoms with Crippen LogP contribution in [0.4, 0.5) is 0 Å². The molecule has 0 aliphatic rings. The first-order chi connectivity index (χ1) is 5.45. The summed E-state index contributed by atoms with van der Waals surface area (Å²) in [7, 11) is -0.930. The van der Waals surface area contributed by atoms with Gasteiger partial charge in [-0.1, -0.05) is 6.92 Å². The average Bonchev–Trinajstić information content (AvgIpc) is 1.84.